The molecule has 0 saturated heterocycles. The molecule has 1 rings (SSSR count). The first-order chi connectivity index (χ1) is 7.52. The van der Waals surface area contributed by atoms with E-state index < -0.39 is 16.7 Å². The number of carbonyl (C=O) groups excluding carboxylic acids is 1. The lowest BCUT2D eigenvalue weighted by Gasteiger charge is -2.15. The number of methoxy groups -OCH3 is 1. The molecule has 0 fully saturated rings. The smallest absolute Gasteiger partial charge is 0.186 e. The van der Waals surface area contributed by atoms with Gasteiger partial charge in [0.05, 0.1) is 7.11 Å². The Labute approximate surface area is 97.2 Å². The van der Waals surface area contributed by atoms with Crippen molar-refractivity contribution in [2.75, 3.05) is 7.11 Å². The summed E-state index contributed by atoms with van der Waals surface area (Å²) in [5, 5.41) is -0.598. The van der Waals surface area contributed by atoms with Crippen molar-refractivity contribution in [3.63, 3.8) is 0 Å². The van der Waals surface area contributed by atoms with E-state index in [0.717, 1.165) is 6.07 Å². The lowest BCUT2D eigenvalue weighted by Crippen LogP contribution is -2.03. The van der Waals surface area contributed by atoms with Crippen molar-refractivity contribution in [3.8, 4) is 5.75 Å². The maximum Gasteiger partial charge on any atom is 0.186 e. The normalized spacial score (nSPS) is 12.3. The van der Waals surface area contributed by atoms with Crippen molar-refractivity contribution >= 4 is 17.9 Å². The third kappa shape index (κ3) is 2.32. The second-order valence-electron chi connectivity index (χ2n) is 3.41. The average Bonchev–Trinajstić information content (AvgIpc) is 2.26. The minimum atomic E-state index is -0.933. The van der Waals surface area contributed by atoms with Gasteiger partial charge in [-0.2, -0.15) is 0 Å². The predicted molar refractivity (Wildman–Crippen MR) is 57.0 cm³/mol. The Morgan fingerprint density at radius 1 is 1.56 bits per heavy atom. The average molecular weight is 249 g/mol. The van der Waals surface area contributed by atoms with Gasteiger partial charge >= 0.3 is 0 Å². The molecule has 0 amide bonds. The molecule has 1 aromatic carbocycles. The summed E-state index contributed by atoms with van der Waals surface area (Å²) >= 11 is 5.42. The molecule has 0 aromatic heterocycles. The predicted octanol–water partition coefficient (Wildman–Crippen LogP) is 3.32. The van der Waals surface area contributed by atoms with Gasteiger partial charge in [0.25, 0.3) is 0 Å². The number of benzene rings is 1. The molecular formula is C11H11ClF2O2. The van der Waals surface area contributed by atoms with Crippen LogP contribution >= 0.6 is 11.6 Å². The Morgan fingerprint density at radius 3 is 2.69 bits per heavy atom. The molecule has 0 saturated carbocycles. The summed E-state index contributed by atoms with van der Waals surface area (Å²) in [6.07, 6.45) is 0.853. The zero-order valence-electron chi connectivity index (χ0n) is 8.89. The summed E-state index contributed by atoms with van der Waals surface area (Å²) in [6.45, 7) is 1.68. The first-order valence-electron chi connectivity index (χ1n) is 4.67. The molecule has 1 atom stereocenters. The van der Waals surface area contributed by atoms with Crippen molar-refractivity contribution in [1.29, 1.82) is 0 Å². The second-order valence-corrected chi connectivity index (χ2v) is 3.79. The van der Waals surface area contributed by atoms with Crippen molar-refractivity contribution in [1.82, 2.24) is 0 Å². The Kier molecular flexibility index (Phi) is 4.24. The SMILES string of the molecule is COc1c(C(C)CC=O)cc(F)c(Cl)c1F. The number of hydrogen-bond acceptors (Lipinski definition) is 2. The number of aldehydes is 1. The maximum absolute atomic E-state index is 13.5. The van der Waals surface area contributed by atoms with Crippen LogP contribution in [0.25, 0.3) is 0 Å². The highest BCUT2D eigenvalue weighted by Gasteiger charge is 2.21. The summed E-state index contributed by atoms with van der Waals surface area (Å²) in [5.41, 5.74) is 0.300. The van der Waals surface area contributed by atoms with Crippen LogP contribution < -0.4 is 4.74 Å². The van der Waals surface area contributed by atoms with Gasteiger partial charge in [-0.15, -0.1) is 0 Å². The van der Waals surface area contributed by atoms with Gasteiger partial charge in [-0.25, -0.2) is 8.78 Å². The number of hydrogen-bond donors (Lipinski definition) is 0. The molecule has 5 heteroatoms. The minimum absolute atomic E-state index is 0.110. The van der Waals surface area contributed by atoms with Crippen LogP contribution in [-0.4, -0.2) is 13.4 Å². The maximum atomic E-state index is 13.5. The topological polar surface area (TPSA) is 26.3 Å². The lowest BCUT2D eigenvalue weighted by molar-refractivity contribution is -0.108. The number of ether oxygens (including phenoxy) is 1. The molecule has 16 heavy (non-hydrogen) atoms. The molecule has 0 aliphatic heterocycles. The van der Waals surface area contributed by atoms with Crippen LogP contribution in [0.1, 0.15) is 24.8 Å². The molecule has 2 nitrogen and oxygen atoms in total. The first-order valence-corrected chi connectivity index (χ1v) is 5.05. The number of rotatable bonds is 4. The van der Waals surface area contributed by atoms with Crippen molar-refractivity contribution in [3.05, 3.63) is 28.3 Å². The van der Waals surface area contributed by atoms with E-state index in [1.807, 2.05) is 0 Å². The largest absolute Gasteiger partial charge is 0.493 e. The molecule has 0 radical (unpaired) electrons. The fourth-order valence-electron chi connectivity index (χ4n) is 1.44. The van der Waals surface area contributed by atoms with E-state index in [2.05, 4.69) is 0 Å². The monoisotopic (exact) mass is 248 g/mol. The van der Waals surface area contributed by atoms with E-state index >= 15 is 0 Å². The zero-order chi connectivity index (χ0) is 12.3. The fraction of sp³-hybridized carbons (Fsp3) is 0.364. The number of halogens is 3. The van der Waals surface area contributed by atoms with Crippen LogP contribution in [0.15, 0.2) is 6.07 Å². The van der Waals surface area contributed by atoms with E-state index in [1.54, 1.807) is 6.92 Å². The van der Waals surface area contributed by atoms with Crippen molar-refractivity contribution < 1.29 is 18.3 Å². The van der Waals surface area contributed by atoms with Crippen LogP contribution in [0.5, 0.6) is 5.75 Å². The molecule has 0 N–H and O–H groups in total. The summed E-state index contributed by atoms with van der Waals surface area (Å²) in [5.74, 6) is -2.22. The molecule has 0 aliphatic carbocycles. The second kappa shape index (κ2) is 5.25. The van der Waals surface area contributed by atoms with Crippen LogP contribution in [-0.2, 0) is 4.79 Å². The standard InChI is InChI=1S/C11H11ClF2O2/c1-6(3-4-15)7-5-8(13)9(12)10(14)11(7)16-2/h4-6H,3H2,1-2H3. The Hall–Kier alpha value is -1.16. The zero-order valence-corrected chi connectivity index (χ0v) is 9.65. The van der Waals surface area contributed by atoms with E-state index in [0.29, 0.717) is 11.8 Å². The Balaban J connectivity index is 3.32. The molecular weight excluding hydrogens is 238 g/mol. The van der Waals surface area contributed by atoms with E-state index in [1.165, 1.54) is 7.11 Å². The molecule has 0 bridgehead atoms. The summed E-state index contributed by atoms with van der Waals surface area (Å²) in [4.78, 5) is 10.4. The van der Waals surface area contributed by atoms with Gasteiger partial charge in [0.15, 0.2) is 11.6 Å². The first kappa shape index (κ1) is 12.9. The molecule has 0 aliphatic rings. The van der Waals surface area contributed by atoms with Gasteiger partial charge in [-0.05, 0) is 12.0 Å². The summed E-state index contributed by atoms with van der Waals surface area (Å²) < 4.78 is 31.6. The molecule has 1 unspecified atom stereocenters. The molecule has 1 aromatic rings. The van der Waals surface area contributed by atoms with Crippen LogP contribution in [0.3, 0.4) is 0 Å². The molecule has 0 spiro atoms. The van der Waals surface area contributed by atoms with Gasteiger partial charge in [0, 0.05) is 12.0 Å². The van der Waals surface area contributed by atoms with Gasteiger partial charge in [-0.3, -0.25) is 0 Å². The van der Waals surface area contributed by atoms with Gasteiger partial charge in [0.1, 0.15) is 17.1 Å². The quantitative estimate of drug-likeness (QED) is 0.604. The van der Waals surface area contributed by atoms with Gasteiger partial charge in [-0.1, -0.05) is 18.5 Å². The van der Waals surface area contributed by atoms with Crippen LogP contribution in [0.2, 0.25) is 5.02 Å². The number of carbonyl (C=O) groups is 1. The lowest BCUT2D eigenvalue weighted by atomic mass is 9.97. The van der Waals surface area contributed by atoms with Crippen LogP contribution in [0, 0.1) is 11.6 Å². The van der Waals surface area contributed by atoms with Gasteiger partial charge in [0.2, 0.25) is 0 Å². The van der Waals surface area contributed by atoms with E-state index in [4.69, 9.17) is 16.3 Å². The minimum Gasteiger partial charge on any atom is -0.493 e. The Bertz CT molecular complexity index is 407. The van der Waals surface area contributed by atoms with Crippen molar-refractivity contribution in [2.24, 2.45) is 0 Å². The molecule has 0 heterocycles. The van der Waals surface area contributed by atoms with E-state index in [-0.39, 0.29) is 18.1 Å². The van der Waals surface area contributed by atoms with E-state index in [9.17, 15) is 13.6 Å². The fourth-order valence-corrected chi connectivity index (χ4v) is 1.58. The molecule has 88 valence electrons. The summed E-state index contributed by atoms with van der Waals surface area (Å²) in [6, 6.07) is 1.10. The Morgan fingerprint density at radius 2 is 2.19 bits per heavy atom. The van der Waals surface area contributed by atoms with Gasteiger partial charge < -0.3 is 9.53 Å². The van der Waals surface area contributed by atoms with Crippen molar-refractivity contribution in [2.45, 2.75) is 19.3 Å². The van der Waals surface area contributed by atoms with Crippen LogP contribution in [0.4, 0.5) is 8.78 Å². The third-order valence-corrected chi connectivity index (χ3v) is 2.68. The highest BCUT2D eigenvalue weighted by atomic mass is 35.5. The summed E-state index contributed by atoms with van der Waals surface area (Å²) in [7, 11) is 1.27. The third-order valence-electron chi connectivity index (χ3n) is 2.33. The highest BCUT2D eigenvalue weighted by molar-refractivity contribution is 6.31. The highest BCUT2D eigenvalue weighted by Crippen LogP contribution is 2.36.